The van der Waals surface area contributed by atoms with Crippen molar-refractivity contribution < 1.29 is 17.9 Å². The lowest BCUT2D eigenvalue weighted by molar-refractivity contribution is 0.0730. The molecule has 0 radical (unpaired) electrons. The fourth-order valence-corrected chi connectivity index (χ4v) is 6.79. The molecule has 2 aliphatic rings. The maximum absolute atomic E-state index is 13.2. The summed E-state index contributed by atoms with van der Waals surface area (Å²) in [6, 6.07) is 9.27. The predicted octanol–water partition coefficient (Wildman–Crippen LogP) is 3.83. The van der Waals surface area contributed by atoms with Crippen LogP contribution in [0.2, 0.25) is 0 Å². The van der Waals surface area contributed by atoms with Crippen LogP contribution in [0.5, 0.6) is 0 Å². The number of sulfonamides is 1. The Hall–Kier alpha value is -2.24. The second kappa shape index (κ2) is 9.79. The van der Waals surface area contributed by atoms with Crippen molar-refractivity contribution in [3.63, 3.8) is 0 Å². The molecule has 4 heterocycles. The molecule has 2 fully saturated rings. The van der Waals surface area contributed by atoms with Crippen molar-refractivity contribution in [1.29, 1.82) is 0 Å². The number of aromatic nitrogens is 2. The number of hydrogen-bond acceptors (Lipinski definition) is 7. The first-order chi connectivity index (χ1) is 16.4. The summed E-state index contributed by atoms with van der Waals surface area (Å²) in [4.78, 5) is 5.09. The van der Waals surface area contributed by atoms with Crippen LogP contribution in [0.4, 0.5) is 5.13 Å². The SMILES string of the molecule is Cc1cc(-c2csc(NC[C@H]3CCCO3)n2)c(C)n1-c1cccc(S(=O)(=O)N2CCOCC2)c1. The zero-order valence-corrected chi connectivity index (χ0v) is 21.1. The van der Waals surface area contributed by atoms with Gasteiger partial charge in [0.15, 0.2) is 5.13 Å². The van der Waals surface area contributed by atoms with Crippen molar-refractivity contribution in [1.82, 2.24) is 13.9 Å². The number of morpholine rings is 1. The lowest BCUT2D eigenvalue weighted by atomic mass is 10.2. The molecule has 8 nitrogen and oxygen atoms in total. The van der Waals surface area contributed by atoms with E-state index in [2.05, 4.69) is 21.3 Å². The van der Waals surface area contributed by atoms with Crippen molar-refractivity contribution >= 4 is 26.5 Å². The monoisotopic (exact) mass is 502 g/mol. The second-order valence-corrected chi connectivity index (χ2v) is 11.5. The van der Waals surface area contributed by atoms with Gasteiger partial charge in [-0.05, 0) is 51.0 Å². The number of hydrogen-bond donors (Lipinski definition) is 1. The minimum Gasteiger partial charge on any atom is -0.379 e. The highest BCUT2D eigenvalue weighted by Gasteiger charge is 2.27. The van der Waals surface area contributed by atoms with Crippen molar-refractivity contribution in [2.45, 2.75) is 37.7 Å². The molecular weight excluding hydrogens is 472 g/mol. The van der Waals surface area contributed by atoms with Crippen LogP contribution >= 0.6 is 11.3 Å². The summed E-state index contributed by atoms with van der Waals surface area (Å²) < 4.78 is 40.9. The third-order valence-corrected chi connectivity index (χ3v) is 9.09. The van der Waals surface area contributed by atoms with E-state index in [-0.39, 0.29) is 6.10 Å². The zero-order chi connectivity index (χ0) is 23.7. The topological polar surface area (TPSA) is 85.7 Å². The lowest BCUT2D eigenvalue weighted by Crippen LogP contribution is -2.40. The van der Waals surface area contributed by atoms with E-state index in [1.165, 1.54) is 4.31 Å². The highest BCUT2D eigenvalue weighted by Crippen LogP contribution is 2.32. The van der Waals surface area contributed by atoms with E-state index in [4.69, 9.17) is 14.5 Å². The van der Waals surface area contributed by atoms with Crippen LogP contribution in [0.25, 0.3) is 16.9 Å². The van der Waals surface area contributed by atoms with Gasteiger partial charge in [-0.25, -0.2) is 13.4 Å². The van der Waals surface area contributed by atoms with Crippen molar-refractivity contribution in [2.24, 2.45) is 0 Å². The molecule has 182 valence electrons. The fourth-order valence-electron chi connectivity index (χ4n) is 4.62. The first-order valence-electron chi connectivity index (χ1n) is 11.6. The van der Waals surface area contributed by atoms with Gasteiger partial charge in [0.1, 0.15) is 0 Å². The zero-order valence-electron chi connectivity index (χ0n) is 19.5. The Kier molecular flexibility index (Phi) is 6.76. The Morgan fingerprint density at radius 3 is 2.76 bits per heavy atom. The molecule has 3 aromatic rings. The standard InChI is InChI=1S/C24H30N4O4S2/c1-17-13-22(23-16-33-24(26-23)25-15-20-6-4-10-32-20)18(2)28(17)19-5-3-7-21(14-19)34(29,30)27-8-11-31-12-9-27/h3,5,7,13-14,16,20H,4,6,8-12,15H2,1-2H3,(H,25,26)/t20-/m1/s1. The maximum Gasteiger partial charge on any atom is 0.243 e. The number of thiazole rings is 1. The average Bonchev–Trinajstić information content (AvgIpc) is 3.59. The van der Waals surface area contributed by atoms with Gasteiger partial charge in [0.25, 0.3) is 0 Å². The number of benzene rings is 1. The molecule has 34 heavy (non-hydrogen) atoms. The van der Waals surface area contributed by atoms with Crippen molar-refractivity contribution in [2.75, 3.05) is 44.8 Å². The van der Waals surface area contributed by atoms with E-state index >= 15 is 0 Å². The van der Waals surface area contributed by atoms with Crippen LogP contribution in [0.15, 0.2) is 40.6 Å². The molecule has 2 aliphatic heterocycles. The van der Waals surface area contributed by atoms with Crippen molar-refractivity contribution in [3.8, 4) is 16.9 Å². The molecule has 10 heteroatoms. The van der Waals surface area contributed by atoms with E-state index < -0.39 is 10.0 Å². The largest absolute Gasteiger partial charge is 0.379 e. The first-order valence-corrected chi connectivity index (χ1v) is 13.9. The van der Waals surface area contributed by atoms with Gasteiger partial charge in [0, 0.05) is 54.3 Å². The van der Waals surface area contributed by atoms with E-state index in [0.29, 0.717) is 31.2 Å². The first kappa shape index (κ1) is 23.5. The van der Waals surface area contributed by atoms with Gasteiger partial charge in [-0.1, -0.05) is 6.07 Å². The molecule has 5 rings (SSSR count). The summed E-state index contributed by atoms with van der Waals surface area (Å²) >= 11 is 1.59. The quantitative estimate of drug-likeness (QED) is 0.529. The summed E-state index contributed by atoms with van der Waals surface area (Å²) in [5, 5.41) is 6.34. The third-order valence-electron chi connectivity index (χ3n) is 6.40. The Balaban J connectivity index is 1.40. The van der Waals surface area contributed by atoms with Crippen LogP contribution in [0, 0.1) is 13.8 Å². The van der Waals surface area contributed by atoms with E-state index in [1.807, 2.05) is 19.9 Å². The average molecular weight is 503 g/mol. The van der Waals surface area contributed by atoms with Gasteiger partial charge >= 0.3 is 0 Å². The molecule has 0 unspecified atom stereocenters. The van der Waals surface area contributed by atoms with Crippen molar-refractivity contribution in [3.05, 3.63) is 47.1 Å². The van der Waals surface area contributed by atoms with Gasteiger partial charge in [-0.2, -0.15) is 4.31 Å². The predicted molar refractivity (Wildman–Crippen MR) is 133 cm³/mol. The molecule has 1 atom stereocenters. The molecule has 0 spiro atoms. The van der Waals surface area contributed by atoms with Crippen LogP contribution in [0.1, 0.15) is 24.2 Å². The Labute approximate surface area is 204 Å². The Morgan fingerprint density at radius 2 is 2.00 bits per heavy atom. The molecule has 0 aliphatic carbocycles. The molecule has 1 aromatic carbocycles. The van der Waals surface area contributed by atoms with Gasteiger partial charge in [-0.15, -0.1) is 11.3 Å². The van der Waals surface area contributed by atoms with Crippen LogP contribution in [0.3, 0.4) is 0 Å². The number of rotatable bonds is 7. The molecule has 2 saturated heterocycles. The van der Waals surface area contributed by atoms with Crippen LogP contribution in [-0.2, 0) is 19.5 Å². The van der Waals surface area contributed by atoms with E-state index in [9.17, 15) is 8.42 Å². The maximum atomic E-state index is 13.2. The van der Waals surface area contributed by atoms with Gasteiger partial charge in [0.05, 0.1) is 29.9 Å². The number of nitrogens with zero attached hydrogens (tertiary/aromatic N) is 3. The van der Waals surface area contributed by atoms with Gasteiger partial charge < -0.3 is 19.4 Å². The summed E-state index contributed by atoms with van der Waals surface area (Å²) in [7, 11) is -3.56. The Morgan fingerprint density at radius 1 is 1.18 bits per heavy atom. The smallest absolute Gasteiger partial charge is 0.243 e. The van der Waals surface area contributed by atoms with Crippen LogP contribution in [-0.4, -0.2) is 67.8 Å². The van der Waals surface area contributed by atoms with E-state index in [1.54, 1.807) is 29.5 Å². The fraction of sp³-hybridized carbons (Fsp3) is 0.458. The molecule has 0 saturated carbocycles. The minimum absolute atomic E-state index is 0.262. The summed E-state index contributed by atoms with van der Waals surface area (Å²) in [5.74, 6) is 0. The molecule has 2 aromatic heterocycles. The molecule has 1 N–H and O–H groups in total. The Bertz CT molecular complexity index is 1260. The number of anilines is 1. The lowest BCUT2D eigenvalue weighted by Gasteiger charge is -2.26. The minimum atomic E-state index is -3.56. The van der Waals surface area contributed by atoms with E-state index in [0.717, 1.165) is 59.5 Å². The van der Waals surface area contributed by atoms with Gasteiger partial charge in [-0.3, -0.25) is 0 Å². The highest BCUT2D eigenvalue weighted by atomic mass is 32.2. The molecule has 0 bridgehead atoms. The third kappa shape index (κ3) is 4.65. The summed E-state index contributed by atoms with van der Waals surface area (Å²) in [6.45, 7) is 7.31. The number of aryl methyl sites for hydroxylation is 1. The summed E-state index contributed by atoms with van der Waals surface area (Å²) in [5.41, 5.74) is 4.82. The van der Waals surface area contributed by atoms with Crippen LogP contribution < -0.4 is 5.32 Å². The molecular formula is C24H30N4O4S2. The second-order valence-electron chi connectivity index (χ2n) is 8.69. The summed E-state index contributed by atoms with van der Waals surface area (Å²) in [6.07, 6.45) is 2.47. The highest BCUT2D eigenvalue weighted by molar-refractivity contribution is 7.89. The normalized spacial score (nSPS) is 19.5. The van der Waals surface area contributed by atoms with Gasteiger partial charge in [0.2, 0.25) is 10.0 Å². The number of nitrogens with one attached hydrogen (secondary N) is 1. The molecule has 0 amide bonds. The number of ether oxygens (including phenoxy) is 2.